The molecule has 0 unspecified atom stereocenters. The summed E-state index contributed by atoms with van der Waals surface area (Å²) in [6.07, 6.45) is 0. The third kappa shape index (κ3) is 4.07. The lowest BCUT2D eigenvalue weighted by Gasteiger charge is -2.08. The molecule has 1 N–H and O–H groups in total. The molecule has 0 spiro atoms. The zero-order valence-electron chi connectivity index (χ0n) is 13.5. The largest absolute Gasteiger partial charge is 0.465 e. The van der Waals surface area contributed by atoms with E-state index in [9.17, 15) is 9.59 Å². The van der Waals surface area contributed by atoms with E-state index in [0.29, 0.717) is 39.3 Å². The maximum absolute atomic E-state index is 12.4. The molecule has 0 saturated carbocycles. The molecule has 0 aliphatic rings. The maximum atomic E-state index is 12.4. The Morgan fingerprint density at radius 3 is 2.58 bits per heavy atom. The Morgan fingerprint density at radius 2 is 1.96 bits per heavy atom. The number of nitrogens with zero attached hydrogens (tertiary/aromatic N) is 2. The monoisotopic (exact) mass is 369 g/mol. The Bertz CT molecular complexity index is 787. The van der Waals surface area contributed by atoms with E-state index in [4.69, 9.17) is 27.9 Å². The number of hydrogen-bond acceptors (Lipinski definition) is 4. The second-order valence-corrected chi connectivity index (χ2v) is 5.91. The van der Waals surface area contributed by atoms with Crippen molar-refractivity contribution in [1.29, 1.82) is 0 Å². The van der Waals surface area contributed by atoms with Gasteiger partial charge in [0.2, 0.25) is 0 Å². The van der Waals surface area contributed by atoms with Crippen LogP contribution in [-0.2, 0) is 16.1 Å². The highest BCUT2D eigenvalue weighted by Gasteiger charge is 2.17. The predicted molar refractivity (Wildman–Crippen MR) is 92.7 cm³/mol. The van der Waals surface area contributed by atoms with Crippen LogP contribution in [0.25, 0.3) is 0 Å². The Morgan fingerprint density at radius 1 is 1.25 bits per heavy atom. The summed E-state index contributed by atoms with van der Waals surface area (Å²) in [6.45, 7) is 5.55. The van der Waals surface area contributed by atoms with Gasteiger partial charge in [0.25, 0.3) is 5.91 Å². The van der Waals surface area contributed by atoms with Crippen molar-refractivity contribution in [3.8, 4) is 0 Å². The molecule has 128 valence electrons. The van der Waals surface area contributed by atoms with E-state index in [2.05, 4.69) is 10.4 Å². The van der Waals surface area contributed by atoms with Crippen LogP contribution in [0.5, 0.6) is 0 Å². The molecular formula is C16H17Cl2N3O3. The number of carbonyl (C=O) groups excluding carboxylic acids is 2. The lowest BCUT2D eigenvalue weighted by molar-refractivity contribution is -0.144. The first-order chi connectivity index (χ1) is 11.3. The van der Waals surface area contributed by atoms with E-state index in [-0.39, 0.29) is 18.4 Å². The fourth-order valence-electron chi connectivity index (χ4n) is 2.18. The first-order valence-electron chi connectivity index (χ1n) is 7.29. The first-order valence-corrected chi connectivity index (χ1v) is 8.05. The molecule has 0 fully saturated rings. The van der Waals surface area contributed by atoms with Crippen LogP contribution in [0, 0.1) is 13.8 Å². The lowest BCUT2D eigenvalue weighted by atomic mass is 10.2. The van der Waals surface area contributed by atoms with E-state index in [1.165, 1.54) is 10.7 Å². The second kappa shape index (κ2) is 7.68. The molecule has 1 aromatic carbocycles. The van der Waals surface area contributed by atoms with Crippen molar-refractivity contribution in [1.82, 2.24) is 9.78 Å². The van der Waals surface area contributed by atoms with Crippen LogP contribution in [0.4, 0.5) is 5.69 Å². The Balaban J connectivity index is 2.20. The number of hydrogen-bond donors (Lipinski definition) is 1. The summed E-state index contributed by atoms with van der Waals surface area (Å²) in [7, 11) is 0. The third-order valence-electron chi connectivity index (χ3n) is 3.39. The Labute approximate surface area is 149 Å². The van der Waals surface area contributed by atoms with Crippen LogP contribution in [-0.4, -0.2) is 28.3 Å². The number of aryl methyl sites for hydroxylation is 1. The van der Waals surface area contributed by atoms with E-state index >= 15 is 0 Å². The third-order valence-corrected chi connectivity index (χ3v) is 4.13. The van der Waals surface area contributed by atoms with Crippen molar-refractivity contribution in [3.05, 3.63) is 45.2 Å². The summed E-state index contributed by atoms with van der Waals surface area (Å²) in [5.41, 5.74) is 2.19. The Hall–Kier alpha value is -2.05. The van der Waals surface area contributed by atoms with Gasteiger partial charge in [-0.1, -0.05) is 23.2 Å². The van der Waals surface area contributed by atoms with E-state index < -0.39 is 0 Å². The van der Waals surface area contributed by atoms with Crippen LogP contribution in [0.3, 0.4) is 0 Å². The minimum Gasteiger partial charge on any atom is -0.465 e. The average molecular weight is 370 g/mol. The highest BCUT2D eigenvalue weighted by Crippen LogP contribution is 2.24. The molecule has 1 aromatic heterocycles. The standard InChI is InChI=1S/C16H17Cl2N3O3/c1-4-24-14(22)8-21-10(3)15(9(2)20-21)19-16(23)11-5-6-12(17)13(18)7-11/h5-7H,4,8H2,1-3H3,(H,19,23). The van der Waals surface area contributed by atoms with Gasteiger partial charge in [0.15, 0.2) is 0 Å². The molecule has 0 bridgehead atoms. The Kier molecular flexibility index (Phi) is 5.85. The minimum absolute atomic E-state index is 0.0108. The van der Waals surface area contributed by atoms with Gasteiger partial charge >= 0.3 is 5.97 Å². The van der Waals surface area contributed by atoms with Gasteiger partial charge in [0.1, 0.15) is 6.54 Å². The first kappa shape index (κ1) is 18.3. The molecule has 0 aliphatic carbocycles. The molecule has 24 heavy (non-hydrogen) atoms. The predicted octanol–water partition coefficient (Wildman–Crippen LogP) is 3.62. The molecule has 0 saturated heterocycles. The number of anilines is 1. The SMILES string of the molecule is CCOC(=O)Cn1nc(C)c(NC(=O)c2ccc(Cl)c(Cl)c2)c1C. The number of carbonyl (C=O) groups is 2. The minimum atomic E-state index is -0.384. The van der Waals surface area contributed by atoms with Crippen molar-refractivity contribution in [2.75, 3.05) is 11.9 Å². The molecule has 8 heteroatoms. The van der Waals surface area contributed by atoms with E-state index in [0.717, 1.165) is 0 Å². The van der Waals surface area contributed by atoms with E-state index in [1.807, 2.05) is 0 Å². The molecule has 6 nitrogen and oxygen atoms in total. The summed E-state index contributed by atoms with van der Waals surface area (Å²) < 4.78 is 6.41. The smallest absolute Gasteiger partial charge is 0.327 e. The molecule has 0 radical (unpaired) electrons. The van der Waals surface area contributed by atoms with Gasteiger partial charge in [-0.25, -0.2) is 0 Å². The molecule has 0 atom stereocenters. The zero-order chi connectivity index (χ0) is 17.9. The number of nitrogens with one attached hydrogen (secondary N) is 1. The van der Waals surface area contributed by atoms with Gasteiger partial charge in [-0.2, -0.15) is 5.10 Å². The molecule has 2 aromatic rings. The molecule has 1 heterocycles. The van der Waals surface area contributed by atoms with Crippen LogP contribution >= 0.6 is 23.2 Å². The summed E-state index contributed by atoms with van der Waals surface area (Å²) in [5, 5.41) is 7.73. The van der Waals surface area contributed by atoms with Gasteiger partial charge in [0.05, 0.1) is 33.7 Å². The van der Waals surface area contributed by atoms with Crippen molar-refractivity contribution in [2.45, 2.75) is 27.3 Å². The van der Waals surface area contributed by atoms with Gasteiger partial charge in [-0.05, 0) is 39.0 Å². The zero-order valence-corrected chi connectivity index (χ0v) is 15.0. The fourth-order valence-corrected chi connectivity index (χ4v) is 2.48. The van der Waals surface area contributed by atoms with Gasteiger partial charge in [-0.15, -0.1) is 0 Å². The average Bonchev–Trinajstić information content (AvgIpc) is 2.77. The van der Waals surface area contributed by atoms with Crippen LogP contribution in [0.2, 0.25) is 10.0 Å². The second-order valence-electron chi connectivity index (χ2n) is 5.09. The number of esters is 1. The quantitative estimate of drug-likeness (QED) is 0.816. The highest BCUT2D eigenvalue weighted by atomic mass is 35.5. The molecular weight excluding hydrogens is 353 g/mol. The number of aromatic nitrogens is 2. The highest BCUT2D eigenvalue weighted by molar-refractivity contribution is 6.42. The van der Waals surface area contributed by atoms with E-state index in [1.54, 1.807) is 32.9 Å². The summed E-state index contributed by atoms with van der Waals surface area (Å²) in [5.74, 6) is -0.721. The van der Waals surface area contributed by atoms with Crippen LogP contribution in [0.15, 0.2) is 18.2 Å². The van der Waals surface area contributed by atoms with Crippen LogP contribution in [0.1, 0.15) is 28.7 Å². The lowest BCUT2D eigenvalue weighted by Crippen LogP contribution is -2.16. The van der Waals surface area contributed by atoms with Crippen LogP contribution < -0.4 is 5.32 Å². The summed E-state index contributed by atoms with van der Waals surface area (Å²) in [4.78, 5) is 24.0. The van der Waals surface area contributed by atoms with Gasteiger partial charge in [-0.3, -0.25) is 14.3 Å². The normalized spacial score (nSPS) is 10.5. The molecule has 0 aliphatic heterocycles. The molecule has 2 rings (SSSR count). The van der Waals surface area contributed by atoms with Gasteiger partial charge < -0.3 is 10.1 Å². The summed E-state index contributed by atoms with van der Waals surface area (Å²) >= 11 is 11.8. The topological polar surface area (TPSA) is 73.2 Å². The van der Waals surface area contributed by atoms with Crippen molar-refractivity contribution < 1.29 is 14.3 Å². The fraction of sp³-hybridized carbons (Fsp3) is 0.312. The number of rotatable bonds is 5. The van der Waals surface area contributed by atoms with Crippen molar-refractivity contribution in [2.24, 2.45) is 0 Å². The number of ether oxygens (including phenoxy) is 1. The number of benzene rings is 1. The van der Waals surface area contributed by atoms with Crippen molar-refractivity contribution in [3.63, 3.8) is 0 Å². The number of halogens is 2. The number of amides is 1. The van der Waals surface area contributed by atoms with Gasteiger partial charge in [0, 0.05) is 5.56 Å². The summed E-state index contributed by atoms with van der Waals surface area (Å²) in [6, 6.07) is 4.63. The maximum Gasteiger partial charge on any atom is 0.327 e. The molecule has 1 amide bonds. The van der Waals surface area contributed by atoms with Crippen molar-refractivity contribution >= 4 is 40.8 Å².